The van der Waals surface area contributed by atoms with Gasteiger partial charge in [-0.15, -0.1) is 0 Å². The molecule has 0 saturated carbocycles. The van der Waals surface area contributed by atoms with Gasteiger partial charge >= 0.3 is 5.97 Å². The topological polar surface area (TPSA) is 92.6 Å². The Bertz CT molecular complexity index is 1270. The lowest BCUT2D eigenvalue weighted by molar-refractivity contribution is 0.0602. The van der Waals surface area contributed by atoms with Gasteiger partial charge in [0.05, 0.1) is 13.7 Å². The summed E-state index contributed by atoms with van der Waals surface area (Å²) < 4.78 is 16.6. The zero-order chi connectivity index (χ0) is 22.8. The van der Waals surface area contributed by atoms with Gasteiger partial charge in [-0.05, 0) is 55.7 Å². The van der Waals surface area contributed by atoms with Gasteiger partial charge in [0, 0.05) is 42.8 Å². The number of aromatic nitrogens is 2. The van der Waals surface area contributed by atoms with Gasteiger partial charge < -0.3 is 24.2 Å². The molecule has 33 heavy (non-hydrogen) atoms. The number of hydrogen-bond acceptors (Lipinski definition) is 7. The lowest BCUT2D eigenvalue weighted by atomic mass is 10.0. The number of anilines is 1. The summed E-state index contributed by atoms with van der Waals surface area (Å²) in [6.45, 7) is 5.48. The normalized spacial score (nSPS) is 15.2. The number of carbonyl (C=O) groups excluding carboxylic acids is 1. The Morgan fingerprint density at radius 3 is 2.91 bits per heavy atom. The van der Waals surface area contributed by atoms with Crippen molar-refractivity contribution in [3.05, 3.63) is 53.7 Å². The number of likely N-dealkylation sites (tertiary alicyclic amines) is 1. The molecule has 2 aromatic carbocycles. The van der Waals surface area contributed by atoms with E-state index in [0.717, 1.165) is 49.1 Å². The lowest BCUT2D eigenvalue weighted by Crippen LogP contribution is -2.38. The number of fused-ring (bicyclic) bond motifs is 2. The average Bonchev–Trinajstić information content (AvgIpc) is 3.46. The zero-order valence-electron chi connectivity index (χ0n) is 18.9. The Labute approximate surface area is 191 Å². The van der Waals surface area contributed by atoms with Gasteiger partial charge in [-0.1, -0.05) is 6.07 Å². The molecule has 0 atom stereocenters. The van der Waals surface area contributed by atoms with Gasteiger partial charge in [-0.25, -0.2) is 4.79 Å². The van der Waals surface area contributed by atoms with Gasteiger partial charge in [0.1, 0.15) is 16.8 Å². The fourth-order valence-electron chi connectivity index (χ4n) is 4.51. The summed E-state index contributed by atoms with van der Waals surface area (Å²) >= 11 is 0. The monoisotopic (exact) mass is 448 g/mol. The summed E-state index contributed by atoms with van der Waals surface area (Å²) in [4.78, 5) is 22.2. The quantitative estimate of drug-likeness (QED) is 0.400. The smallest absolute Gasteiger partial charge is 0.341 e. The van der Waals surface area contributed by atoms with Gasteiger partial charge in [0.25, 0.3) is 6.01 Å². The first-order valence-electron chi connectivity index (χ1n) is 11.3. The second-order valence-corrected chi connectivity index (χ2v) is 8.33. The highest BCUT2D eigenvalue weighted by Gasteiger charge is 2.22. The molecule has 0 bridgehead atoms. The molecule has 5 rings (SSSR count). The van der Waals surface area contributed by atoms with Gasteiger partial charge in [-0.3, -0.25) is 4.90 Å². The Balaban J connectivity index is 1.22. The molecule has 3 heterocycles. The molecule has 1 saturated heterocycles. The number of esters is 1. The number of oxazole rings is 1. The number of hydrogen-bond donors (Lipinski definition) is 2. The maximum atomic E-state index is 12.0. The van der Waals surface area contributed by atoms with Gasteiger partial charge in [0.15, 0.2) is 5.58 Å². The van der Waals surface area contributed by atoms with E-state index < -0.39 is 5.97 Å². The molecule has 1 aliphatic heterocycles. The molecule has 0 amide bonds. The van der Waals surface area contributed by atoms with Crippen LogP contribution in [0.25, 0.3) is 22.0 Å². The number of para-hydroxylation sites is 1. The number of aromatic amines is 1. The molecule has 172 valence electrons. The van der Waals surface area contributed by atoms with Crippen molar-refractivity contribution in [2.75, 3.05) is 32.1 Å². The number of rotatable bonds is 7. The van der Waals surface area contributed by atoms with Crippen LogP contribution in [0, 0.1) is 0 Å². The predicted molar refractivity (Wildman–Crippen MR) is 127 cm³/mol. The summed E-state index contributed by atoms with van der Waals surface area (Å²) in [6.07, 6.45) is 3.91. The third-order valence-electron chi connectivity index (χ3n) is 6.13. The third-order valence-corrected chi connectivity index (χ3v) is 6.13. The molecular formula is C25H28N4O4. The Hall–Kier alpha value is -3.52. The standard InChI is InChI=1S/C25H28N4O4/c1-3-32-22-14-16(13-21-18(22)7-10-26-21)15-29-11-8-17(9-12-29)27-25-28-20-6-4-5-19(23(20)33-25)24(30)31-2/h4-7,10,13-14,17,26H,3,8-9,11-12,15H2,1-2H3,(H,27,28). The third kappa shape index (κ3) is 4.39. The molecule has 8 heteroatoms. The molecular weight excluding hydrogens is 420 g/mol. The van der Waals surface area contributed by atoms with Crippen molar-refractivity contribution in [1.82, 2.24) is 14.9 Å². The molecule has 0 radical (unpaired) electrons. The molecule has 0 aliphatic carbocycles. The zero-order valence-corrected chi connectivity index (χ0v) is 18.9. The largest absolute Gasteiger partial charge is 0.493 e. The summed E-state index contributed by atoms with van der Waals surface area (Å²) in [6, 6.07) is 12.4. The highest BCUT2D eigenvalue weighted by Crippen LogP contribution is 2.29. The first-order chi connectivity index (χ1) is 16.1. The van der Waals surface area contributed by atoms with Crippen LogP contribution in [0.3, 0.4) is 0 Å². The van der Waals surface area contributed by atoms with E-state index in [1.54, 1.807) is 12.1 Å². The van der Waals surface area contributed by atoms with E-state index in [4.69, 9.17) is 13.9 Å². The predicted octanol–water partition coefficient (Wildman–Crippen LogP) is 4.57. The highest BCUT2D eigenvalue weighted by atomic mass is 16.5. The fraction of sp³-hybridized carbons (Fsp3) is 0.360. The van der Waals surface area contributed by atoms with E-state index in [9.17, 15) is 4.79 Å². The number of nitrogens with zero attached hydrogens (tertiary/aromatic N) is 2. The minimum absolute atomic E-state index is 0.265. The Kier molecular flexibility index (Phi) is 5.92. The van der Waals surface area contributed by atoms with E-state index >= 15 is 0 Å². The van der Waals surface area contributed by atoms with Crippen LogP contribution in [0.5, 0.6) is 5.75 Å². The van der Waals surface area contributed by atoms with Crippen LogP contribution < -0.4 is 10.1 Å². The first kappa shape index (κ1) is 21.3. The molecule has 2 N–H and O–H groups in total. The van der Waals surface area contributed by atoms with Crippen molar-refractivity contribution in [2.24, 2.45) is 0 Å². The van der Waals surface area contributed by atoms with Gasteiger partial charge in [-0.2, -0.15) is 4.98 Å². The highest BCUT2D eigenvalue weighted by molar-refractivity contribution is 6.01. The maximum absolute atomic E-state index is 12.0. The van der Waals surface area contributed by atoms with Crippen molar-refractivity contribution in [3.63, 3.8) is 0 Å². The molecule has 0 unspecified atom stereocenters. The van der Waals surface area contributed by atoms with E-state index in [0.29, 0.717) is 29.3 Å². The molecule has 1 aliphatic rings. The second-order valence-electron chi connectivity index (χ2n) is 8.33. The number of methoxy groups -OCH3 is 1. The Morgan fingerprint density at radius 1 is 1.27 bits per heavy atom. The van der Waals surface area contributed by atoms with E-state index in [1.165, 1.54) is 12.7 Å². The van der Waals surface area contributed by atoms with Crippen LogP contribution in [0.15, 0.2) is 47.0 Å². The summed E-state index contributed by atoms with van der Waals surface area (Å²) in [5.74, 6) is 0.506. The van der Waals surface area contributed by atoms with Crippen LogP contribution in [0.2, 0.25) is 0 Å². The van der Waals surface area contributed by atoms with Crippen molar-refractivity contribution in [1.29, 1.82) is 0 Å². The number of nitrogens with one attached hydrogen (secondary N) is 2. The van der Waals surface area contributed by atoms with Crippen LogP contribution in [0.1, 0.15) is 35.7 Å². The number of piperidine rings is 1. The van der Waals surface area contributed by atoms with Crippen LogP contribution in [-0.4, -0.2) is 53.7 Å². The van der Waals surface area contributed by atoms with Crippen molar-refractivity contribution >= 4 is 34.0 Å². The summed E-state index contributed by atoms with van der Waals surface area (Å²) in [5.41, 5.74) is 3.83. The van der Waals surface area contributed by atoms with Crippen LogP contribution in [-0.2, 0) is 11.3 Å². The first-order valence-corrected chi connectivity index (χ1v) is 11.3. The molecule has 1 fully saturated rings. The number of H-pyrrole nitrogens is 1. The number of carbonyl (C=O) groups is 1. The van der Waals surface area contributed by atoms with Crippen LogP contribution in [0.4, 0.5) is 6.01 Å². The van der Waals surface area contributed by atoms with E-state index in [2.05, 4.69) is 38.4 Å². The van der Waals surface area contributed by atoms with E-state index in [1.807, 2.05) is 19.2 Å². The number of benzene rings is 2. The molecule has 0 spiro atoms. The summed E-state index contributed by atoms with van der Waals surface area (Å²) in [7, 11) is 1.36. The average molecular weight is 449 g/mol. The second kappa shape index (κ2) is 9.15. The van der Waals surface area contributed by atoms with Crippen LogP contribution >= 0.6 is 0 Å². The molecule has 8 nitrogen and oxygen atoms in total. The van der Waals surface area contributed by atoms with Gasteiger partial charge in [0.2, 0.25) is 0 Å². The maximum Gasteiger partial charge on any atom is 0.341 e. The van der Waals surface area contributed by atoms with Crippen molar-refractivity contribution < 1.29 is 18.7 Å². The SMILES string of the molecule is CCOc1cc(CN2CCC(Nc3nc4cccc(C(=O)OC)c4o3)CC2)cc2[nH]ccc12. The van der Waals surface area contributed by atoms with Crippen molar-refractivity contribution in [3.8, 4) is 5.75 Å². The minimum Gasteiger partial charge on any atom is -0.493 e. The fourth-order valence-corrected chi connectivity index (χ4v) is 4.51. The van der Waals surface area contributed by atoms with E-state index in [-0.39, 0.29) is 6.04 Å². The Morgan fingerprint density at radius 2 is 2.12 bits per heavy atom. The molecule has 4 aromatic rings. The minimum atomic E-state index is -0.429. The number of ether oxygens (including phenoxy) is 2. The lowest BCUT2D eigenvalue weighted by Gasteiger charge is -2.32. The summed E-state index contributed by atoms with van der Waals surface area (Å²) in [5, 5.41) is 4.53. The molecule has 2 aromatic heterocycles. The van der Waals surface area contributed by atoms with Crippen molar-refractivity contribution in [2.45, 2.75) is 32.4 Å².